The maximum Gasteiger partial charge on any atom is 0.113 e. The third-order valence-electron chi connectivity index (χ3n) is 1.57. The summed E-state index contributed by atoms with van der Waals surface area (Å²) in [6.07, 6.45) is 1.23. The van der Waals surface area contributed by atoms with Crippen molar-refractivity contribution in [2.45, 2.75) is 19.0 Å². The molecule has 1 nitrogen and oxygen atoms in total. The largest absolute Gasteiger partial charge is 0.303 e. The zero-order valence-corrected chi connectivity index (χ0v) is 6.46. The van der Waals surface area contributed by atoms with Crippen molar-refractivity contribution in [3.8, 4) is 0 Å². The zero-order valence-electron chi connectivity index (χ0n) is 5.64. The van der Waals surface area contributed by atoms with Crippen molar-refractivity contribution in [3.05, 3.63) is 0 Å². The molecule has 3 heteroatoms. The first-order chi connectivity index (χ1) is 3.79. The summed E-state index contributed by atoms with van der Waals surface area (Å²) in [5, 5.41) is 0. The van der Waals surface area contributed by atoms with E-state index in [1.54, 1.807) is 0 Å². The standard InChI is InChI=1S/C6H12FN.ClH/c1-8-4-2-3-6(7)5-8;/h6H,2-5H2,1H3;1H. The van der Waals surface area contributed by atoms with Gasteiger partial charge in [0.2, 0.25) is 0 Å². The number of likely N-dealkylation sites (tertiary alicyclic amines) is 1. The Hall–Kier alpha value is 0.180. The first kappa shape index (κ1) is 9.18. The Morgan fingerprint density at radius 2 is 2.22 bits per heavy atom. The number of rotatable bonds is 0. The van der Waals surface area contributed by atoms with E-state index < -0.39 is 6.17 Å². The summed E-state index contributed by atoms with van der Waals surface area (Å²) in [6, 6.07) is 0. The minimum atomic E-state index is -0.561. The molecule has 0 spiro atoms. The summed E-state index contributed by atoms with van der Waals surface area (Å²) in [4.78, 5) is 2.04. The first-order valence-corrected chi connectivity index (χ1v) is 3.11. The average Bonchev–Trinajstić information content (AvgIpc) is 1.64. The van der Waals surface area contributed by atoms with Crippen molar-refractivity contribution < 1.29 is 4.39 Å². The quantitative estimate of drug-likeness (QED) is 0.510. The third-order valence-corrected chi connectivity index (χ3v) is 1.57. The highest BCUT2D eigenvalue weighted by Gasteiger charge is 2.14. The Morgan fingerprint density at radius 1 is 1.56 bits per heavy atom. The van der Waals surface area contributed by atoms with Gasteiger partial charge in [-0.15, -0.1) is 12.4 Å². The molecule has 0 aliphatic carbocycles. The molecule has 1 fully saturated rings. The number of halogens is 2. The minimum absolute atomic E-state index is 0. The monoisotopic (exact) mass is 153 g/mol. The molecule has 1 saturated heterocycles. The van der Waals surface area contributed by atoms with E-state index >= 15 is 0 Å². The van der Waals surface area contributed by atoms with Crippen molar-refractivity contribution in [3.63, 3.8) is 0 Å². The molecule has 1 rings (SSSR count). The summed E-state index contributed by atoms with van der Waals surface area (Å²) in [5.41, 5.74) is 0. The van der Waals surface area contributed by atoms with Crippen LogP contribution >= 0.6 is 12.4 Å². The van der Waals surface area contributed by atoms with Crippen LogP contribution in [0.4, 0.5) is 4.39 Å². The lowest BCUT2D eigenvalue weighted by Gasteiger charge is -2.24. The van der Waals surface area contributed by atoms with Gasteiger partial charge in [0.05, 0.1) is 0 Å². The number of alkyl halides is 1. The molecule has 1 aliphatic rings. The van der Waals surface area contributed by atoms with E-state index in [2.05, 4.69) is 0 Å². The lowest BCUT2D eigenvalue weighted by atomic mass is 10.1. The highest BCUT2D eigenvalue weighted by atomic mass is 35.5. The van der Waals surface area contributed by atoms with Gasteiger partial charge in [0, 0.05) is 6.54 Å². The summed E-state index contributed by atoms with van der Waals surface area (Å²) in [7, 11) is 1.96. The summed E-state index contributed by atoms with van der Waals surface area (Å²) >= 11 is 0. The number of piperidine rings is 1. The van der Waals surface area contributed by atoms with Gasteiger partial charge in [-0.05, 0) is 26.4 Å². The molecular weight excluding hydrogens is 141 g/mol. The van der Waals surface area contributed by atoms with Crippen molar-refractivity contribution in [2.75, 3.05) is 20.1 Å². The molecule has 9 heavy (non-hydrogen) atoms. The molecule has 0 amide bonds. The molecule has 0 aromatic heterocycles. The Kier molecular flexibility index (Phi) is 4.15. The molecule has 0 aromatic carbocycles. The molecule has 0 bridgehead atoms. The summed E-state index contributed by atoms with van der Waals surface area (Å²) in [6.45, 7) is 1.71. The molecule has 1 atom stereocenters. The van der Waals surface area contributed by atoms with Crippen molar-refractivity contribution in [2.24, 2.45) is 0 Å². The van der Waals surface area contributed by atoms with Crippen LogP contribution in [0.5, 0.6) is 0 Å². The maximum absolute atomic E-state index is 12.4. The second-order valence-electron chi connectivity index (χ2n) is 2.50. The SMILES string of the molecule is CN1CCCC(F)C1.Cl. The highest BCUT2D eigenvalue weighted by Crippen LogP contribution is 2.09. The summed E-state index contributed by atoms with van der Waals surface area (Å²) < 4.78 is 12.4. The van der Waals surface area contributed by atoms with Gasteiger partial charge in [0.1, 0.15) is 6.17 Å². The first-order valence-electron chi connectivity index (χ1n) is 3.11. The lowest BCUT2D eigenvalue weighted by molar-refractivity contribution is 0.163. The fourth-order valence-electron chi connectivity index (χ4n) is 1.10. The predicted molar refractivity (Wildman–Crippen MR) is 38.9 cm³/mol. The molecule has 0 saturated carbocycles. The minimum Gasteiger partial charge on any atom is -0.303 e. The van der Waals surface area contributed by atoms with Gasteiger partial charge in [-0.25, -0.2) is 4.39 Å². The number of nitrogens with zero attached hydrogens (tertiary/aromatic N) is 1. The zero-order chi connectivity index (χ0) is 5.98. The second-order valence-corrected chi connectivity index (χ2v) is 2.50. The van der Waals surface area contributed by atoms with Crippen LogP contribution in [0.25, 0.3) is 0 Å². The van der Waals surface area contributed by atoms with Crippen LogP contribution in [0.3, 0.4) is 0 Å². The van der Waals surface area contributed by atoms with Crippen LogP contribution in [-0.4, -0.2) is 31.2 Å². The van der Waals surface area contributed by atoms with Crippen LogP contribution in [-0.2, 0) is 0 Å². The maximum atomic E-state index is 12.4. The Labute approximate surface area is 61.6 Å². The van der Waals surface area contributed by atoms with Crippen LogP contribution in [0.1, 0.15) is 12.8 Å². The molecule has 56 valence electrons. The number of hydrogen-bond donors (Lipinski definition) is 0. The molecule has 0 radical (unpaired) electrons. The van der Waals surface area contributed by atoms with Crippen LogP contribution in [0.2, 0.25) is 0 Å². The van der Waals surface area contributed by atoms with Crippen LogP contribution < -0.4 is 0 Å². The van der Waals surface area contributed by atoms with E-state index in [0.717, 1.165) is 19.4 Å². The van der Waals surface area contributed by atoms with E-state index in [9.17, 15) is 4.39 Å². The van der Waals surface area contributed by atoms with E-state index in [1.807, 2.05) is 11.9 Å². The normalized spacial score (nSPS) is 29.3. The van der Waals surface area contributed by atoms with Crippen LogP contribution in [0.15, 0.2) is 0 Å². The van der Waals surface area contributed by atoms with E-state index in [0.29, 0.717) is 6.54 Å². The molecule has 1 unspecified atom stereocenters. The van der Waals surface area contributed by atoms with Gasteiger partial charge in [-0.2, -0.15) is 0 Å². The summed E-state index contributed by atoms with van der Waals surface area (Å²) in [5.74, 6) is 0. The number of hydrogen-bond acceptors (Lipinski definition) is 1. The van der Waals surface area contributed by atoms with Gasteiger partial charge in [0.25, 0.3) is 0 Å². The Bertz CT molecular complexity index is 71.5. The third kappa shape index (κ3) is 3.01. The van der Waals surface area contributed by atoms with Gasteiger partial charge in [-0.1, -0.05) is 0 Å². The second kappa shape index (κ2) is 4.07. The van der Waals surface area contributed by atoms with E-state index in [-0.39, 0.29) is 12.4 Å². The van der Waals surface area contributed by atoms with Crippen molar-refractivity contribution in [1.82, 2.24) is 4.90 Å². The van der Waals surface area contributed by atoms with Gasteiger partial charge < -0.3 is 4.90 Å². The molecular formula is C6H13ClFN. The average molecular weight is 154 g/mol. The Morgan fingerprint density at radius 3 is 2.56 bits per heavy atom. The van der Waals surface area contributed by atoms with Crippen molar-refractivity contribution >= 4 is 12.4 Å². The Balaban J connectivity index is 0.000000640. The lowest BCUT2D eigenvalue weighted by Crippen LogP contribution is -2.32. The van der Waals surface area contributed by atoms with Gasteiger partial charge >= 0.3 is 0 Å². The fraction of sp³-hybridized carbons (Fsp3) is 1.00. The predicted octanol–water partition coefficient (Wildman–Crippen LogP) is 1.47. The molecule has 1 aliphatic heterocycles. The molecule has 1 heterocycles. The van der Waals surface area contributed by atoms with Crippen LogP contribution in [0, 0.1) is 0 Å². The van der Waals surface area contributed by atoms with Gasteiger partial charge in [0.15, 0.2) is 0 Å². The molecule has 0 N–H and O–H groups in total. The van der Waals surface area contributed by atoms with Crippen molar-refractivity contribution in [1.29, 1.82) is 0 Å². The van der Waals surface area contributed by atoms with Gasteiger partial charge in [-0.3, -0.25) is 0 Å². The fourth-order valence-corrected chi connectivity index (χ4v) is 1.10. The van der Waals surface area contributed by atoms with E-state index in [1.165, 1.54) is 0 Å². The molecule has 0 aromatic rings. The highest BCUT2D eigenvalue weighted by molar-refractivity contribution is 5.85. The smallest absolute Gasteiger partial charge is 0.113 e. The van der Waals surface area contributed by atoms with E-state index in [4.69, 9.17) is 0 Å². The topological polar surface area (TPSA) is 3.24 Å².